The van der Waals surface area contributed by atoms with Crippen LogP contribution in [0, 0.1) is 0 Å². The topological polar surface area (TPSA) is 67.9 Å². The fourth-order valence-electron chi connectivity index (χ4n) is 2.96. The standard InChI is InChI=1S/C21H22F2N2O4/c22-21(23)29-18-8-1-15(2-9-18)3-10-19(26)24-17-6-4-16(5-7-17)20(27)25-11-13-28-14-12-25/h1-2,4-9,21H,3,10-14H2,(H,24,26). The molecule has 1 aliphatic heterocycles. The predicted molar refractivity (Wildman–Crippen MR) is 103 cm³/mol. The normalized spacial score (nSPS) is 14.0. The summed E-state index contributed by atoms with van der Waals surface area (Å²) in [5, 5.41) is 2.79. The zero-order valence-corrected chi connectivity index (χ0v) is 15.8. The number of anilines is 1. The van der Waals surface area contributed by atoms with Gasteiger partial charge in [0.2, 0.25) is 5.91 Å². The summed E-state index contributed by atoms with van der Waals surface area (Å²) in [6, 6.07) is 13.0. The van der Waals surface area contributed by atoms with Gasteiger partial charge in [0, 0.05) is 30.8 Å². The second-order valence-electron chi connectivity index (χ2n) is 6.55. The lowest BCUT2D eigenvalue weighted by Crippen LogP contribution is -2.40. The van der Waals surface area contributed by atoms with E-state index in [1.807, 2.05) is 0 Å². The number of nitrogens with zero attached hydrogens (tertiary/aromatic N) is 1. The van der Waals surface area contributed by atoms with E-state index in [0.29, 0.717) is 44.0 Å². The van der Waals surface area contributed by atoms with Crippen molar-refractivity contribution in [2.24, 2.45) is 0 Å². The maximum absolute atomic E-state index is 12.4. The van der Waals surface area contributed by atoms with Crippen LogP contribution in [0.4, 0.5) is 14.5 Å². The Morgan fingerprint density at radius 1 is 1.03 bits per heavy atom. The Bertz CT molecular complexity index is 820. The molecule has 0 saturated carbocycles. The molecule has 0 radical (unpaired) electrons. The first kappa shape index (κ1) is 20.7. The van der Waals surface area contributed by atoms with Crippen molar-refractivity contribution >= 4 is 17.5 Å². The van der Waals surface area contributed by atoms with Crippen LogP contribution in [-0.4, -0.2) is 49.6 Å². The highest BCUT2D eigenvalue weighted by Gasteiger charge is 2.18. The number of aryl methyl sites for hydroxylation is 1. The van der Waals surface area contributed by atoms with Crippen LogP contribution >= 0.6 is 0 Å². The number of carbonyl (C=O) groups excluding carboxylic acids is 2. The Kier molecular flexibility index (Phi) is 7.13. The largest absolute Gasteiger partial charge is 0.435 e. The zero-order valence-electron chi connectivity index (χ0n) is 15.8. The molecular weight excluding hydrogens is 382 g/mol. The van der Waals surface area contributed by atoms with Gasteiger partial charge in [0.15, 0.2) is 0 Å². The van der Waals surface area contributed by atoms with Crippen molar-refractivity contribution in [1.29, 1.82) is 0 Å². The molecule has 0 aromatic heterocycles. The molecular formula is C21H22F2N2O4. The van der Waals surface area contributed by atoms with E-state index in [1.54, 1.807) is 41.3 Å². The van der Waals surface area contributed by atoms with Crippen LogP contribution in [0.15, 0.2) is 48.5 Å². The molecule has 6 nitrogen and oxygen atoms in total. The van der Waals surface area contributed by atoms with Crippen molar-refractivity contribution in [3.05, 3.63) is 59.7 Å². The molecule has 1 aliphatic rings. The second kappa shape index (κ2) is 9.97. The molecule has 0 unspecified atom stereocenters. The average molecular weight is 404 g/mol. The maximum Gasteiger partial charge on any atom is 0.387 e. The minimum absolute atomic E-state index is 0.0505. The summed E-state index contributed by atoms with van der Waals surface area (Å²) < 4.78 is 33.8. The van der Waals surface area contributed by atoms with E-state index in [0.717, 1.165) is 5.56 Å². The van der Waals surface area contributed by atoms with E-state index in [-0.39, 0.29) is 24.0 Å². The van der Waals surface area contributed by atoms with E-state index >= 15 is 0 Å². The lowest BCUT2D eigenvalue weighted by molar-refractivity contribution is -0.116. The van der Waals surface area contributed by atoms with Gasteiger partial charge in [-0.1, -0.05) is 12.1 Å². The Balaban J connectivity index is 1.47. The quantitative estimate of drug-likeness (QED) is 0.769. The summed E-state index contributed by atoms with van der Waals surface area (Å²) >= 11 is 0. The summed E-state index contributed by atoms with van der Waals surface area (Å²) in [5.74, 6) is -0.143. The molecule has 2 aromatic rings. The van der Waals surface area contributed by atoms with Crippen LogP contribution in [-0.2, 0) is 16.0 Å². The fourth-order valence-corrected chi connectivity index (χ4v) is 2.96. The minimum Gasteiger partial charge on any atom is -0.435 e. The number of hydrogen-bond acceptors (Lipinski definition) is 4. The molecule has 0 bridgehead atoms. The van der Waals surface area contributed by atoms with Crippen molar-refractivity contribution in [3.63, 3.8) is 0 Å². The summed E-state index contributed by atoms with van der Waals surface area (Å²) in [7, 11) is 0. The van der Waals surface area contributed by atoms with Gasteiger partial charge in [-0.05, 0) is 48.4 Å². The molecule has 3 rings (SSSR count). The zero-order chi connectivity index (χ0) is 20.6. The van der Waals surface area contributed by atoms with E-state index in [1.165, 1.54) is 12.1 Å². The molecule has 1 fully saturated rings. The monoisotopic (exact) mass is 404 g/mol. The molecule has 2 amide bonds. The van der Waals surface area contributed by atoms with Gasteiger partial charge in [0.25, 0.3) is 5.91 Å². The van der Waals surface area contributed by atoms with Gasteiger partial charge >= 0.3 is 6.61 Å². The van der Waals surface area contributed by atoms with Gasteiger partial charge < -0.3 is 19.7 Å². The van der Waals surface area contributed by atoms with Crippen molar-refractivity contribution in [2.45, 2.75) is 19.5 Å². The second-order valence-corrected chi connectivity index (χ2v) is 6.55. The molecule has 29 heavy (non-hydrogen) atoms. The van der Waals surface area contributed by atoms with Gasteiger partial charge in [-0.3, -0.25) is 9.59 Å². The summed E-state index contributed by atoms with van der Waals surface area (Å²) in [6.45, 7) is -0.620. The molecule has 8 heteroatoms. The first-order valence-electron chi connectivity index (χ1n) is 9.32. The number of hydrogen-bond donors (Lipinski definition) is 1. The van der Waals surface area contributed by atoms with Crippen LogP contribution < -0.4 is 10.1 Å². The number of halogens is 2. The number of benzene rings is 2. The van der Waals surface area contributed by atoms with Crippen LogP contribution in [0.25, 0.3) is 0 Å². The highest BCUT2D eigenvalue weighted by atomic mass is 19.3. The Hall–Kier alpha value is -3.00. The number of amides is 2. The molecule has 2 aromatic carbocycles. The fraction of sp³-hybridized carbons (Fsp3) is 0.333. The number of morpholine rings is 1. The third-order valence-corrected chi connectivity index (χ3v) is 4.50. The third-order valence-electron chi connectivity index (χ3n) is 4.50. The SMILES string of the molecule is O=C(CCc1ccc(OC(F)F)cc1)Nc1ccc(C(=O)N2CCOCC2)cc1. The third kappa shape index (κ3) is 6.25. The van der Waals surface area contributed by atoms with Crippen molar-refractivity contribution in [1.82, 2.24) is 4.90 Å². The van der Waals surface area contributed by atoms with E-state index in [4.69, 9.17) is 4.74 Å². The van der Waals surface area contributed by atoms with Gasteiger partial charge in [-0.25, -0.2) is 0 Å². The van der Waals surface area contributed by atoms with Crippen LogP contribution in [0.1, 0.15) is 22.3 Å². The number of nitrogens with one attached hydrogen (secondary N) is 1. The van der Waals surface area contributed by atoms with Gasteiger partial charge in [-0.2, -0.15) is 8.78 Å². The number of ether oxygens (including phenoxy) is 2. The molecule has 154 valence electrons. The maximum atomic E-state index is 12.4. The molecule has 1 N–H and O–H groups in total. The minimum atomic E-state index is -2.86. The Morgan fingerprint density at radius 2 is 1.69 bits per heavy atom. The van der Waals surface area contributed by atoms with E-state index < -0.39 is 6.61 Å². The number of carbonyl (C=O) groups is 2. The first-order valence-corrected chi connectivity index (χ1v) is 9.32. The highest BCUT2D eigenvalue weighted by molar-refractivity contribution is 5.96. The van der Waals surface area contributed by atoms with Gasteiger partial charge in [-0.15, -0.1) is 0 Å². The molecule has 1 heterocycles. The average Bonchev–Trinajstić information content (AvgIpc) is 2.73. The van der Waals surface area contributed by atoms with Crippen molar-refractivity contribution < 1.29 is 27.8 Å². The number of alkyl halides is 2. The smallest absolute Gasteiger partial charge is 0.387 e. The van der Waals surface area contributed by atoms with E-state index in [9.17, 15) is 18.4 Å². The summed E-state index contributed by atoms with van der Waals surface area (Å²) in [5.41, 5.74) is 2.01. The van der Waals surface area contributed by atoms with Crippen molar-refractivity contribution in [2.75, 3.05) is 31.6 Å². The summed E-state index contributed by atoms with van der Waals surface area (Å²) in [4.78, 5) is 26.3. The lowest BCUT2D eigenvalue weighted by Gasteiger charge is -2.26. The highest BCUT2D eigenvalue weighted by Crippen LogP contribution is 2.17. The Labute approximate surface area is 167 Å². The Morgan fingerprint density at radius 3 is 2.31 bits per heavy atom. The summed E-state index contributed by atoms with van der Waals surface area (Å²) in [6.07, 6.45) is 0.706. The predicted octanol–water partition coefficient (Wildman–Crippen LogP) is 3.33. The first-order chi connectivity index (χ1) is 14.0. The van der Waals surface area contributed by atoms with Crippen LogP contribution in [0.3, 0.4) is 0 Å². The van der Waals surface area contributed by atoms with Crippen molar-refractivity contribution in [3.8, 4) is 5.75 Å². The molecule has 0 atom stereocenters. The van der Waals surface area contributed by atoms with Gasteiger partial charge in [0.1, 0.15) is 5.75 Å². The van der Waals surface area contributed by atoms with Crippen LogP contribution in [0.5, 0.6) is 5.75 Å². The number of rotatable bonds is 7. The van der Waals surface area contributed by atoms with Gasteiger partial charge in [0.05, 0.1) is 13.2 Å². The molecule has 0 spiro atoms. The molecule has 1 saturated heterocycles. The van der Waals surface area contributed by atoms with E-state index in [2.05, 4.69) is 10.1 Å². The van der Waals surface area contributed by atoms with Crippen LogP contribution in [0.2, 0.25) is 0 Å². The lowest BCUT2D eigenvalue weighted by atomic mass is 10.1. The molecule has 0 aliphatic carbocycles.